The van der Waals surface area contributed by atoms with Crippen LogP contribution in [-0.4, -0.2) is 42.0 Å². The van der Waals surface area contributed by atoms with Gasteiger partial charge in [0.15, 0.2) is 0 Å². The Balaban J connectivity index is 2.29. The maximum absolute atomic E-state index is 11.7. The highest BCUT2D eigenvalue weighted by molar-refractivity contribution is 5.85. The number of amides is 1. The number of hydrogen-bond acceptors (Lipinski definition) is 3. The van der Waals surface area contributed by atoms with Gasteiger partial charge in [-0.15, -0.1) is 0 Å². The third-order valence-electron chi connectivity index (χ3n) is 2.94. The van der Waals surface area contributed by atoms with E-state index in [9.17, 15) is 4.79 Å². The fraction of sp³-hybridized carbons (Fsp3) is 0.917. The van der Waals surface area contributed by atoms with Crippen molar-refractivity contribution >= 4 is 5.91 Å². The maximum atomic E-state index is 11.7. The van der Waals surface area contributed by atoms with Gasteiger partial charge in [0.1, 0.15) is 0 Å². The molecular formula is C12H25N3O. The molecule has 1 fully saturated rings. The zero-order valence-electron chi connectivity index (χ0n) is 10.8. The van der Waals surface area contributed by atoms with Gasteiger partial charge in [0.25, 0.3) is 0 Å². The van der Waals surface area contributed by atoms with E-state index in [-0.39, 0.29) is 11.9 Å². The Labute approximate surface area is 98.6 Å². The van der Waals surface area contributed by atoms with Crippen molar-refractivity contribution in [1.29, 1.82) is 0 Å². The van der Waals surface area contributed by atoms with Gasteiger partial charge in [-0.2, -0.15) is 0 Å². The van der Waals surface area contributed by atoms with E-state index < -0.39 is 5.54 Å². The Bertz CT molecular complexity index is 229. The zero-order chi connectivity index (χ0) is 12.2. The van der Waals surface area contributed by atoms with Crippen LogP contribution in [-0.2, 0) is 4.79 Å². The van der Waals surface area contributed by atoms with Gasteiger partial charge in [-0.3, -0.25) is 4.79 Å². The number of hydrogen-bond donors (Lipinski definition) is 2. The highest BCUT2D eigenvalue weighted by Crippen LogP contribution is 2.09. The predicted octanol–water partition coefficient (Wildman–Crippen LogP) is 0.714. The van der Waals surface area contributed by atoms with Crippen LogP contribution in [0.15, 0.2) is 0 Å². The molecule has 1 atom stereocenters. The first-order chi connectivity index (χ1) is 7.39. The lowest BCUT2D eigenvalue weighted by Gasteiger charge is -2.30. The lowest BCUT2D eigenvalue weighted by Crippen LogP contribution is -2.53. The van der Waals surface area contributed by atoms with Crippen LogP contribution < -0.4 is 11.1 Å². The van der Waals surface area contributed by atoms with Crippen molar-refractivity contribution in [2.75, 3.05) is 19.6 Å². The smallest absolute Gasteiger partial charge is 0.239 e. The van der Waals surface area contributed by atoms with Gasteiger partial charge in [-0.25, -0.2) is 0 Å². The summed E-state index contributed by atoms with van der Waals surface area (Å²) in [5.74, 6) is -0.0722. The summed E-state index contributed by atoms with van der Waals surface area (Å²) in [7, 11) is 0. The molecule has 1 saturated heterocycles. The molecule has 1 aliphatic heterocycles. The number of rotatable bonds is 4. The van der Waals surface area contributed by atoms with E-state index in [1.54, 1.807) is 13.8 Å². The third-order valence-corrected chi connectivity index (χ3v) is 2.94. The van der Waals surface area contributed by atoms with Crippen molar-refractivity contribution < 1.29 is 4.79 Å². The van der Waals surface area contributed by atoms with Crippen molar-refractivity contribution in [2.45, 2.75) is 51.6 Å². The molecule has 1 aliphatic rings. The largest absolute Gasteiger partial charge is 0.351 e. The molecule has 0 aliphatic carbocycles. The van der Waals surface area contributed by atoms with E-state index in [0.29, 0.717) is 0 Å². The Morgan fingerprint density at radius 3 is 2.44 bits per heavy atom. The number of carbonyl (C=O) groups excluding carboxylic acids is 1. The van der Waals surface area contributed by atoms with E-state index in [1.165, 1.54) is 19.3 Å². The lowest BCUT2D eigenvalue weighted by atomic mass is 10.1. The number of likely N-dealkylation sites (tertiary alicyclic amines) is 1. The number of piperidine rings is 1. The number of nitrogens with one attached hydrogen (secondary N) is 1. The minimum atomic E-state index is -0.782. The van der Waals surface area contributed by atoms with E-state index >= 15 is 0 Å². The van der Waals surface area contributed by atoms with Crippen molar-refractivity contribution in [3.05, 3.63) is 0 Å². The first-order valence-electron chi connectivity index (χ1n) is 6.22. The highest BCUT2D eigenvalue weighted by Gasteiger charge is 2.24. The van der Waals surface area contributed by atoms with Crippen LogP contribution in [0.5, 0.6) is 0 Å². The van der Waals surface area contributed by atoms with Crippen LogP contribution in [0, 0.1) is 0 Å². The summed E-state index contributed by atoms with van der Waals surface area (Å²) in [6, 6.07) is 0.174. The summed E-state index contributed by atoms with van der Waals surface area (Å²) in [6.07, 6.45) is 3.90. The molecule has 1 unspecified atom stereocenters. The fourth-order valence-electron chi connectivity index (χ4n) is 1.98. The van der Waals surface area contributed by atoms with Gasteiger partial charge in [-0.1, -0.05) is 6.42 Å². The number of nitrogens with two attached hydrogens (primary N) is 1. The summed E-state index contributed by atoms with van der Waals surface area (Å²) >= 11 is 0. The molecule has 0 radical (unpaired) electrons. The Morgan fingerprint density at radius 1 is 1.38 bits per heavy atom. The quantitative estimate of drug-likeness (QED) is 0.744. The molecule has 0 saturated carbocycles. The summed E-state index contributed by atoms with van der Waals surface area (Å²) in [5.41, 5.74) is 4.95. The second-order valence-corrected chi connectivity index (χ2v) is 5.46. The molecule has 4 nitrogen and oxygen atoms in total. The van der Waals surface area contributed by atoms with Gasteiger partial charge >= 0.3 is 0 Å². The van der Waals surface area contributed by atoms with E-state index in [4.69, 9.17) is 5.73 Å². The lowest BCUT2D eigenvalue weighted by molar-refractivity contribution is -0.126. The molecule has 94 valence electrons. The molecule has 3 N–H and O–H groups in total. The molecule has 0 bridgehead atoms. The Kier molecular flexibility index (Phi) is 4.74. The summed E-state index contributed by atoms with van der Waals surface area (Å²) in [5, 5.41) is 2.96. The molecule has 1 heterocycles. The second kappa shape index (κ2) is 5.64. The van der Waals surface area contributed by atoms with Crippen molar-refractivity contribution in [3.8, 4) is 0 Å². The monoisotopic (exact) mass is 227 g/mol. The first kappa shape index (κ1) is 13.5. The Hall–Kier alpha value is -0.610. The summed E-state index contributed by atoms with van der Waals surface area (Å²) < 4.78 is 0. The minimum absolute atomic E-state index is 0.0722. The van der Waals surface area contributed by atoms with Crippen molar-refractivity contribution in [3.63, 3.8) is 0 Å². The average molecular weight is 227 g/mol. The Morgan fingerprint density at radius 2 is 1.94 bits per heavy atom. The van der Waals surface area contributed by atoms with Crippen molar-refractivity contribution in [1.82, 2.24) is 10.2 Å². The average Bonchev–Trinajstić information content (AvgIpc) is 2.17. The van der Waals surface area contributed by atoms with Gasteiger partial charge in [0.05, 0.1) is 5.54 Å². The summed E-state index contributed by atoms with van der Waals surface area (Å²) in [4.78, 5) is 14.1. The maximum Gasteiger partial charge on any atom is 0.239 e. The van der Waals surface area contributed by atoms with E-state index in [0.717, 1.165) is 19.6 Å². The van der Waals surface area contributed by atoms with Crippen LogP contribution in [0.4, 0.5) is 0 Å². The number of carbonyl (C=O) groups is 1. The van der Waals surface area contributed by atoms with Crippen molar-refractivity contribution in [2.24, 2.45) is 5.73 Å². The van der Waals surface area contributed by atoms with E-state index in [1.807, 2.05) is 6.92 Å². The summed E-state index contributed by atoms with van der Waals surface area (Å²) in [6.45, 7) is 8.75. The second-order valence-electron chi connectivity index (χ2n) is 5.46. The molecule has 0 aromatic carbocycles. The normalized spacial score (nSPS) is 20.5. The van der Waals surface area contributed by atoms with Crippen LogP contribution in [0.2, 0.25) is 0 Å². The fourth-order valence-corrected chi connectivity index (χ4v) is 1.98. The first-order valence-corrected chi connectivity index (χ1v) is 6.22. The minimum Gasteiger partial charge on any atom is -0.351 e. The molecule has 0 aromatic heterocycles. The van der Waals surface area contributed by atoms with Crippen LogP contribution in [0.3, 0.4) is 0 Å². The SMILES string of the molecule is CC(CN1CCCCC1)NC(=O)C(C)(C)N. The van der Waals surface area contributed by atoms with Gasteiger partial charge in [-0.05, 0) is 46.7 Å². The zero-order valence-corrected chi connectivity index (χ0v) is 10.8. The van der Waals surface area contributed by atoms with Crippen LogP contribution >= 0.6 is 0 Å². The molecule has 4 heteroatoms. The molecule has 0 spiro atoms. The van der Waals surface area contributed by atoms with Gasteiger partial charge in [0, 0.05) is 12.6 Å². The molecular weight excluding hydrogens is 202 g/mol. The molecule has 16 heavy (non-hydrogen) atoms. The topological polar surface area (TPSA) is 58.4 Å². The van der Waals surface area contributed by atoms with Gasteiger partial charge < -0.3 is 16.0 Å². The molecule has 0 aromatic rings. The highest BCUT2D eigenvalue weighted by atomic mass is 16.2. The standard InChI is InChI=1S/C12H25N3O/c1-10(14-11(16)12(2,3)13)9-15-7-5-4-6-8-15/h10H,4-9,13H2,1-3H3,(H,14,16). The molecule has 1 amide bonds. The van der Waals surface area contributed by atoms with Crippen LogP contribution in [0.25, 0.3) is 0 Å². The predicted molar refractivity (Wildman–Crippen MR) is 66.2 cm³/mol. The number of nitrogens with zero attached hydrogens (tertiary/aromatic N) is 1. The third kappa shape index (κ3) is 4.49. The van der Waals surface area contributed by atoms with Crippen LogP contribution in [0.1, 0.15) is 40.0 Å². The van der Waals surface area contributed by atoms with Gasteiger partial charge in [0.2, 0.25) is 5.91 Å². The van der Waals surface area contributed by atoms with E-state index in [2.05, 4.69) is 10.2 Å². The molecule has 1 rings (SSSR count).